The van der Waals surface area contributed by atoms with E-state index in [-0.39, 0.29) is 11.6 Å². The maximum absolute atomic E-state index is 13.1. The molecule has 0 atom stereocenters. The highest BCUT2D eigenvalue weighted by molar-refractivity contribution is 6.10. The van der Waals surface area contributed by atoms with Crippen LogP contribution in [0.4, 0.5) is 11.4 Å². The van der Waals surface area contributed by atoms with Gasteiger partial charge in [0, 0.05) is 12.2 Å². The number of anilines is 2. The highest BCUT2D eigenvalue weighted by atomic mass is 16.5. The number of carbonyl (C=O) groups excluding carboxylic acids is 3. The van der Waals surface area contributed by atoms with Gasteiger partial charge in [0.05, 0.1) is 31.5 Å². The Hall–Kier alpha value is -3.81. The van der Waals surface area contributed by atoms with Gasteiger partial charge in [-0.15, -0.1) is 0 Å². The summed E-state index contributed by atoms with van der Waals surface area (Å²) < 4.78 is 15.2. The second kappa shape index (κ2) is 8.47. The summed E-state index contributed by atoms with van der Waals surface area (Å²) in [7, 11) is 2.39. The number of methoxy groups -OCH3 is 2. The first-order valence-corrected chi connectivity index (χ1v) is 8.86. The molecule has 2 aromatic carbocycles. The Kier molecular flexibility index (Phi) is 5.82. The van der Waals surface area contributed by atoms with Crippen molar-refractivity contribution in [2.45, 2.75) is 6.92 Å². The average Bonchev–Trinajstić information content (AvgIpc) is 2.86. The van der Waals surface area contributed by atoms with Gasteiger partial charge in [0.2, 0.25) is 0 Å². The Morgan fingerprint density at radius 1 is 1.10 bits per heavy atom. The summed E-state index contributed by atoms with van der Waals surface area (Å²) in [6.07, 6.45) is 0.976. The lowest BCUT2D eigenvalue weighted by molar-refractivity contribution is -0.138. The molecule has 0 spiro atoms. The largest absolute Gasteiger partial charge is 0.466 e. The molecular formula is C21H20N2O6. The van der Waals surface area contributed by atoms with E-state index in [0.717, 1.165) is 6.08 Å². The number of nitrogens with zero attached hydrogens (tertiary/aromatic N) is 1. The lowest BCUT2D eigenvalue weighted by Gasteiger charge is -2.20. The van der Waals surface area contributed by atoms with Crippen LogP contribution in [-0.4, -0.2) is 38.6 Å². The van der Waals surface area contributed by atoms with E-state index in [1.807, 2.05) is 25.1 Å². The molecule has 0 aromatic heterocycles. The van der Waals surface area contributed by atoms with Crippen LogP contribution < -0.4 is 15.0 Å². The summed E-state index contributed by atoms with van der Waals surface area (Å²) >= 11 is 0. The smallest absolute Gasteiger partial charge is 0.354 e. The van der Waals surface area contributed by atoms with Crippen LogP contribution in [0.15, 0.2) is 54.2 Å². The molecule has 0 unspecified atom stereocenters. The zero-order chi connectivity index (χ0) is 21.0. The van der Waals surface area contributed by atoms with Gasteiger partial charge >= 0.3 is 11.9 Å². The van der Waals surface area contributed by atoms with Crippen LogP contribution in [0.25, 0.3) is 0 Å². The molecule has 1 N–H and O–H groups in total. The van der Waals surface area contributed by atoms with Gasteiger partial charge in [-0.05, 0) is 37.3 Å². The summed E-state index contributed by atoms with van der Waals surface area (Å²) in [6.45, 7) is 2.32. The monoisotopic (exact) mass is 396 g/mol. The van der Waals surface area contributed by atoms with Crippen LogP contribution in [0.2, 0.25) is 0 Å². The van der Waals surface area contributed by atoms with E-state index in [2.05, 4.69) is 14.8 Å². The van der Waals surface area contributed by atoms with Crippen LogP contribution in [0.5, 0.6) is 11.5 Å². The lowest BCUT2D eigenvalue weighted by Crippen LogP contribution is -2.29. The molecule has 29 heavy (non-hydrogen) atoms. The maximum atomic E-state index is 13.1. The molecule has 2 aromatic rings. The predicted octanol–water partition coefficient (Wildman–Crippen LogP) is 3.10. The number of ether oxygens (including phenoxy) is 3. The lowest BCUT2D eigenvalue weighted by atomic mass is 10.1. The van der Waals surface area contributed by atoms with Gasteiger partial charge in [-0.1, -0.05) is 12.1 Å². The van der Waals surface area contributed by atoms with Crippen LogP contribution in [0, 0.1) is 0 Å². The van der Waals surface area contributed by atoms with Crippen molar-refractivity contribution in [1.82, 2.24) is 0 Å². The zero-order valence-electron chi connectivity index (χ0n) is 16.2. The number of para-hydroxylation sites is 2. The molecule has 3 rings (SSSR count). The van der Waals surface area contributed by atoms with Crippen molar-refractivity contribution in [1.29, 1.82) is 0 Å². The minimum atomic E-state index is -0.754. The van der Waals surface area contributed by atoms with Crippen molar-refractivity contribution in [3.8, 4) is 11.5 Å². The number of amides is 1. The highest BCUT2D eigenvalue weighted by Crippen LogP contribution is 2.39. The Morgan fingerprint density at radius 2 is 1.86 bits per heavy atom. The van der Waals surface area contributed by atoms with E-state index in [0.29, 0.717) is 35.0 Å². The van der Waals surface area contributed by atoms with Gasteiger partial charge in [-0.25, -0.2) is 9.59 Å². The minimum absolute atomic E-state index is 0.128. The summed E-state index contributed by atoms with van der Waals surface area (Å²) in [4.78, 5) is 38.2. The Labute approximate surface area is 167 Å². The predicted molar refractivity (Wildman–Crippen MR) is 106 cm³/mol. The molecule has 1 amide bonds. The van der Waals surface area contributed by atoms with Gasteiger partial charge < -0.3 is 24.4 Å². The van der Waals surface area contributed by atoms with Gasteiger partial charge in [0.15, 0.2) is 5.75 Å². The van der Waals surface area contributed by atoms with Gasteiger partial charge in [0.25, 0.3) is 5.91 Å². The third-order valence-corrected chi connectivity index (χ3v) is 4.30. The fourth-order valence-electron chi connectivity index (χ4n) is 2.91. The second-order valence-electron chi connectivity index (χ2n) is 6.03. The van der Waals surface area contributed by atoms with Gasteiger partial charge in [-0.2, -0.15) is 0 Å². The number of rotatable bonds is 5. The summed E-state index contributed by atoms with van der Waals surface area (Å²) in [6, 6.07) is 12.1. The molecule has 8 heteroatoms. The van der Waals surface area contributed by atoms with Crippen molar-refractivity contribution in [2.75, 3.05) is 31.0 Å². The molecular weight excluding hydrogens is 376 g/mol. The minimum Gasteiger partial charge on any atom is -0.466 e. The topological polar surface area (TPSA) is 94.2 Å². The van der Waals surface area contributed by atoms with Crippen molar-refractivity contribution in [3.05, 3.63) is 59.8 Å². The molecule has 0 bridgehead atoms. The first kappa shape index (κ1) is 19.9. The Bertz CT molecular complexity index is 998. The molecule has 1 aliphatic rings. The molecule has 0 aliphatic carbocycles. The number of esters is 2. The SMILES string of the molecule is CCN1C(=O)c2cc(N/C(=C/C(=O)OC)C(=O)OC)ccc2Oc2ccccc21. The summed E-state index contributed by atoms with van der Waals surface area (Å²) in [5.74, 6) is -0.758. The van der Waals surface area contributed by atoms with E-state index in [1.165, 1.54) is 14.2 Å². The second-order valence-corrected chi connectivity index (χ2v) is 6.03. The number of fused-ring (bicyclic) bond motifs is 2. The normalized spacial score (nSPS) is 12.9. The van der Waals surface area contributed by atoms with Crippen LogP contribution in [0.1, 0.15) is 17.3 Å². The quantitative estimate of drug-likeness (QED) is 0.613. The third kappa shape index (κ3) is 4.06. The first-order chi connectivity index (χ1) is 14.0. The Balaban J connectivity index is 2.00. The number of hydrogen-bond donors (Lipinski definition) is 1. The van der Waals surface area contributed by atoms with Gasteiger partial charge in [0.1, 0.15) is 11.4 Å². The number of carbonyl (C=O) groups is 3. The first-order valence-electron chi connectivity index (χ1n) is 8.86. The van der Waals surface area contributed by atoms with Crippen molar-refractivity contribution < 1.29 is 28.6 Å². The molecule has 0 fully saturated rings. The van der Waals surface area contributed by atoms with Crippen molar-refractivity contribution in [2.24, 2.45) is 0 Å². The van der Waals surface area contributed by atoms with Crippen LogP contribution in [-0.2, 0) is 19.1 Å². The van der Waals surface area contributed by atoms with Gasteiger partial charge in [-0.3, -0.25) is 4.79 Å². The third-order valence-electron chi connectivity index (χ3n) is 4.30. The number of benzene rings is 2. The maximum Gasteiger partial charge on any atom is 0.354 e. The zero-order valence-corrected chi connectivity index (χ0v) is 16.2. The average molecular weight is 396 g/mol. The molecule has 0 saturated heterocycles. The fraction of sp³-hybridized carbons (Fsp3) is 0.190. The van der Waals surface area contributed by atoms with Crippen LogP contribution >= 0.6 is 0 Å². The molecule has 1 heterocycles. The van der Waals surface area contributed by atoms with E-state index >= 15 is 0 Å². The fourth-order valence-corrected chi connectivity index (χ4v) is 2.91. The van der Waals surface area contributed by atoms with Crippen molar-refractivity contribution >= 4 is 29.2 Å². The summed E-state index contributed by atoms with van der Waals surface area (Å²) in [5, 5.41) is 2.80. The van der Waals surface area contributed by atoms with Crippen molar-refractivity contribution in [3.63, 3.8) is 0 Å². The highest BCUT2D eigenvalue weighted by Gasteiger charge is 2.27. The molecule has 150 valence electrons. The molecule has 0 radical (unpaired) electrons. The van der Waals surface area contributed by atoms with E-state index < -0.39 is 11.9 Å². The van der Waals surface area contributed by atoms with E-state index in [4.69, 9.17) is 4.74 Å². The number of hydrogen-bond acceptors (Lipinski definition) is 7. The van der Waals surface area contributed by atoms with E-state index in [9.17, 15) is 14.4 Å². The number of nitrogens with one attached hydrogen (secondary N) is 1. The summed E-state index contributed by atoms with van der Waals surface area (Å²) in [5.41, 5.74) is 1.27. The van der Waals surface area contributed by atoms with Crippen LogP contribution in [0.3, 0.4) is 0 Å². The molecule has 1 aliphatic heterocycles. The molecule has 0 saturated carbocycles. The Morgan fingerprint density at radius 3 is 2.55 bits per heavy atom. The molecule has 8 nitrogen and oxygen atoms in total. The van der Waals surface area contributed by atoms with E-state index in [1.54, 1.807) is 29.2 Å². The standard InChI is InChI=1S/C21H20N2O6/c1-4-23-16-7-5-6-8-18(16)29-17-10-9-13(11-14(17)20(23)25)22-15(21(26)28-3)12-19(24)27-2/h5-12,22H,4H2,1-3H3/b15-12+.